The molecule has 0 aliphatic rings. The van der Waals surface area contributed by atoms with Crippen LogP contribution in [0.1, 0.15) is 15.2 Å². The molecule has 0 saturated heterocycles. The van der Waals surface area contributed by atoms with Gasteiger partial charge < -0.3 is 5.11 Å². The summed E-state index contributed by atoms with van der Waals surface area (Å²) >= 11 is 0.869. The summed E-state index contributed by atoms with van der Waals surface area (Å²) in [5.41, 5.74) is -0.0124. The summed E-state index contributed by atoms with van der Waals surface area (Å²) in [5.74, 6) is -1.15. The molecule has 1 heterocycles. The normalized spacial score (nSPS) is 9.71. The quantitative estimate of drug-likeness (QED) is 0.471. The third kappa shape index (κ3) is 1.97. The van der Waals surface area contributed by atoms with Gasteiger partial charge in [0.1, 0.15) is 0 Å². The van der Waals surface area contributed by atoms with Gasteiger partial charge >= 0.3 is 11.0 Å². The molecule has 0 aromatic carbocycles. The lowest BCUT2D eigenvalue weighted by atomic mass is 10.2. The molecule has 0 fully saturated rings. The molecule has 0 spiro atoms. The summed E-state index contributed by atoms with van der Waals surface area (Å²) in [6.07, 6.45) is 1.85. The Kier molecular flexibility index (Phi) is 2.98. The predicted octanol–water partition coefficient (Wildman–Crippen LogP) is 2.08. The van der Waals surface area contributed by atoms with Gasteiger partial charge in [0.2, 0.25) is 0 Å². The van der Waals surface area contributed by atoms with Crippen LogP contribution in [0.2, 0.25) is 0 Å². The van der Waals surface area contributed by atoms with Gasteiger partial charge in [-0.05, 0) is 0 Å². The third-order valence-corrected chi connectivity index (χ3v) is 2.65. The minimum Gasteiger partial charge on any atom is -0.478 e. The summed E-state index contributed by atoms with van der Waals surface area (Å²) in [7, 11) is 0. The number of hydrogen-bond donors (Lipinski definition) is 1. The third-order valence-electron chi connectivity index (χ3n) is 1.54. The fourth-order valence-electron chi connectivity index (χ4n) is 0.968. The zero-order chi connectivity index (χ0) is 10.7. The molecule has 0 saturated carbocycles. The van der Waals surface area contributed by atoms with Gasteiger partial charge in [0, 0.05) is 17.4 Å². The van der Waals surface area contributed by atoms with Crippen molar-refractivity contribution in [2.24, 2.45) is 0 Å². The van der Waals surface area contributed by atoms with Crippen molar-refractivity contribution in [1.82, 2.24) is 0 Å². The molecular formula is C8H7NO4S. The average molecular weight is 213 g/mol. The maximum atomic E-state index is 10.7. The Hall–Kier alpha value is -1.69. The van der Waals surface area contributed by atoms with Crippen molar-refractivity contribution in [1.29, 1.82) is 0 Å². The van der Waals surface area contributed by atoms with E-state index in [4.69, 9.17) is 5.11 Å². The standard InChI is InChI=1S/C8H7NO4S/c1-2-3-6-5(8(10)11)4-7(14-6)9(12)13/h2,4H,1,3H2,(H,10,11). The van der Waals surface area contributed by atoms with Crippen LogP contribution >= 0.6 is 11.3 Å². The van der Waals surface area contributed by atoms with E-state index in [-0.39, 0.29) is 10.6 Å². The first-order valence-corrected chi connectivity index (χ1v) is 4.49. The highest BCUT2D eigenvalue weighted by Crippen LogP contribution is 2.29. The van der Waals surface area contributed by atoms with E-state index in [0.717, 1.165) is 17.4 Å². The molecule has 0 radical (unpaired) electrons. The van der Waals surface area contributed by atoms with E-state index in [1.807, 2.05) is 0 Å². The van der Waals surface area contributed by atoms with Crippen LogP contribution in [0, 0.1) is 10.1 Å². The summed E-state index contributed by atoms with van der Waals surface area (Å²) in [4.78, 5) is 20.9. The molecule has 1 N–H and O–H groups in total. The second kappa shape index (κ2) is 4.01. The van der Waals surface area contributed by atoms with E-state index in [1.54, 1.807) is 0 Å². The lowest BCUT2D eigenvalue weighted by molar-refractivity contribution is -0.380. The number of carboxylic acid groups (broad SMARTS) is 1. The molecule has 6 heteroatoms. The van der Waals surface area contributed by atoms with E-state index in [9.17, 15) is 14.9 Å². The van der Waals surface area contributed by atoms with Gasteiger partial charge in [-0.2, -0.15) is 0 Å². The number of rotatable bonds is 4. The van der Waals surface area contributed by atoms with Crippen LogP contribution < -0.4 is 0 Å². The number of hydrogen-bond acceptors (Lipinski definition) is 4. The number of nitrogens with zero attached hydrogens (tertiary/aromatic N) is 1. The topological polar surface area (TPSA) is 80.4 Å². The fourth-order valence-corrected chi connectivity index (χ4v) is 1.93. The molecule has 0 aliphatic carbocycles. The van der Waals surface area contributed by atoms with Crippen molar-refractivity contribution in [3.8, 4) is 0 Å². The molecular weight excluding hydrogens is 206 g/mol. The van der Waals surface area contributed by atoms with E-state index < -0.39 is 10.9 Å². The van der Waals surface area contributed by atoms with E-state index >= 15 is 0 Å². The number of nitro groups is 1. The zero-order valence-corrected chi connectivity index (χ0v) is 7.91. The van der Waals surface area contributed by atoms with Crippen molar-refractivity contribution in [2.75, 3.05) is 0 Å². The molecule has 0 amide bonds. The summed E-state index contributed by atoms with van der Waals surface area (Å²) in [5, 5.41) is 19.0. The minimum atomic E-state index is -1.15. The number of carbonyl (C=O) groups is 1. The lowest BCUT2D eigenvalue weighted by Gasteiger charge is -1.91. The van der Waals surface area contributed by atoms with Gasteiger partial charge in [0.05, 0.1) is 10.5 Å². The smallest absolute Gasteiger partial charge is 0.337 e. The zero-order valence-electron chi connectivity index (χ0n) is 7.10. The number of thiophene rings is 1. The van der Waals surface area contributed by atoms with Crippen LogP contribution in [0.15, 0.2) is 18.7 Å². The highest BCUT2D eigenvalue weighted by atomic mass is 32.1. The number of aromatic carboxylic acids is 1. The Labute approximate surface area is 83.5 Å². The average Bonchev–Trinajstić information content (AvgIpc) is 2.49. The molecule has 1 aromatic rings. The predicted molar refractivity (Wildman–Crippen MR) is 51.8 cm³/mol. The fraction of sp³-hybridized carbons (Fsp3) is 0.125. The molecule has 0 bridgehead atoms. The molecule has 1 rings (SSSR count). The van der Waals surface area contributed by atoms with Gasteiger partial charge in [-0.25, -0.2) is 4.79 Å². The Morgan fingerprint density at radius 1 is 1.79 bits per heavy atom. The number of carboxylic acids is 1. The van der Waals surface area contributed by atoms with Gasteiger partial charge in [0.15, 0.2) is 0 Å². The van der Waals surface area contributed by atoms with Gasteiger partial charge in [0.25, 0.3) is 0 Å². The summed E-state index contributed by atoms with van der Waals surface area (Å²) in [6.45, 7) is 3.45. The van der Waals surface area contributed by atoms with E-state index in [1.165, 1.54) is 6.08 Å². The monoisotopic (exact) mass is 213 g/mol. The van der Waals surface area contributed by atoms with Crippen LogP contribution in [-0.2, 0) is 6.42 Å². The van der Waals surface area contributed by atoms with Gasteiger partial charge in [-0.15, -0.1) is 6.58 Å². The maximum absolute atomic E-state index is 10.7. The van der Waals surface area contributed by atoms with Gasteiger partial charge in [-0.1, -0.05) is 17.4 Å². The van der Waals surface area contributed by atoms with Crippen LogP contribution in [0.4, 0.5) is 5.00 Å². The van der Waals surface area contributed by atoms with Crippen molar-refractivity contribution >= 4 is 22.3 Å². The molecule has 5 nitrogen and oxygen atoms in total. The molecule has 14 heavy (non-hydrogen) atoms. The largest absolute Gasteiger partial charge is 0.478 e. The second-order valence-electron chi connectivity index (χ2n) is 2.48. The second-order valence-corrected chi connectivity index (χ2v) is 3.59. The Bertz CT molecular complexity index is 396. The van der Waals surface area contributed by atoms with Crippen molar-refractivity contribution in [3.05, 3.63) is 39.3 Å². The lowest BCUT2D eigenvalue weighted by Crippen LogP contribution is -1.97. The Balaban J connectivity index is 3.18. The maximum Gasteiger partial charge on any atom is 0.337 e. The SMILES string of the molecule is C=CCc1sc([N+](=O)[O-])cc1C(=O)O. The summed E-state index contributed by atoms with van der Waals surface area (Å²) < 4.78 is 0. The first kappa shape index (κ1) is 10.4. The highest BCUT2D eigenvalue weighted by Gasteiger charge is 2.19. The Morgan fingerprint density at radius 3 is 2.86 bits per heavy atom. The Morgan fingerprint density at radius 2 is 2.43 bits per heavy atom. The van der Waals surface area contributed by atoms with E-state index in [0.29, 0.717) is 11.3 Å². The molecule has 0 atom stereocenters. The van der Waals surface area contributed by atoms with Crippen molar-refractivity contribution in [2.45, 2.75) is 6.42 Å². The van der Waals surface area contributed by atoms with Crippen LogP contribution in [-0.4, -0.2) is 16.0 Å². The molecule has 1 aromatic heterocycles. The summed E-state index contributed by atoms with van der Waals surface area (Å²) in [6, 6.07) is 1.08. The first-order chi connectivity index (χ1) is 6.56. The minimum absolute atomic E-state index is 0.0124. The van der Waals surface area contributed by atoms with Crippen molar-refractivity contribution in [3.63, 3.8) is 0 Å². The van der Waals surface area contributed by atoms with E-state index in [2.05, 4.69) is 6.58 Å². The van der Waals surface area contributed by atoms with Crippen LogP contribution in [0.5, 0.6) is 0 Å². The highest BCUT2D eigenvalue weighted by molar-refractivity contribution is 7.15. The molecule has 74 valence electrons. The van der Waals surface area contributed by atoms with Crippen molar-refractivity contribution < 1.29 is 14.8 Å². The van der Waals surface area contributed by atoms with Crippen LogP contribution in [0.25, 0.3) is 0 Å². The molecule has 0 unspecified atom stereocenters. The first-order valence-electron chi connectivity index (χ1n) is 3.67. The van der Waals surface area contributed by atoms with Gasteiger partial charge in [-0.3, -0.25) is 10.1 Å². The number of allylic oxidation sites excluding steroid dienone is 1. The molecule has 0 aliphatic heterocycles. The van der Waals surface area contributed by atoms with Crippen LogP contribution in [0.3, 0.4) is 0 Å².